The van der Waals surface area contributed by atoms with Gasteiger partial charge in [0, 0.05) is 0 Å². The average molecular weight is 279 g/mol. The molecule has 12 heteroatoms. The fourth-order valence-electron chi connectivity index (χ4n) is 0. The Morgan fingerprint density at radius 1 is 1.23 bits per heavy atom. The van der Waals surface area contributed by atoms with Gasteiger partial charge in [0.05, 0.1) is 0 Å². The van der Waals surface area contributed by atoms with Crippen molar-refractivity contribution in [3.05, 3.63) is 0 Å². The molecule has 0 radical (unpaired) electrons. The molecule has 0 heterocycles. The van der Waals surface area contributed by atoms with Crippen molar-refractivity contribution in [1.29, 1.82) is 0 Å². The van der Waals surface area contributed by atoms with Crippen LogP contribution in [0.2, 0.25) is 0 Å². The Morgan fingerprint density at radius 2 is 1.23 bits per heavy atom. The van der Waals surface area contributed by atoms with Crippen LogP contribution >= 0.6 is 0 Å². The summed E-state index contributed by atoms with van der Waals surface area (Å²) in [5, 5.41) is 15.3. The number of carbonyl (C=O) groups is 1. The van der Waals surface area contributed by atoms with Crippen LogP contribution in [-0.2, 0) is 10.4 Å². The topological polar surface area (TPSA) is 138 Å². The van der Waals surface area contributed by atoms with Crippen molar-refractivity contribution in [2.24, 2.45) is 0 Å². The zero-order valence-corrected chi connectivity index (χ0v) is 15.9. The van der Waals surface area contributed by atoms with Gasteiger partial charge in [0.15, 0.2) is 0 Å². The molecule has 64 valence electrons. The minimum absolute atomic E-state index is 0. The van der Waals surface area contributed by atoms with Crippen molar-refractivity contribution in [3.8, 4) is 0 Å². The molecule has 13 heavy (non-hydrogen) atoms. The minimum Gasteiger partial charge on any atom is -1.00 e. The van der Waals surface area contributed by atoms with Crippen LogP contribution in [-0.4, -0.2) is 28.8 Å². The molecule has 0 unspecified atom stereocenters. The summed E-state index contributed by atoms with van der Waals surface area (Å²) < 4.78 is 32.8. The van der Waals surface area contributed by atoms with Crippen LogP contribution in [0.25, 0.3) is 0 Å². The fraction of sp³-hybridized carbons (Fsp3) is 0. The van der Waals surface area contributed by atoms with Crippen molar-refractivity contribution in [2.45, 2.75) is 0 Å². The van der Waals surface area contributed by atoms with E-state index in [0.29, 0.717) is 0 Å². The van der Waals surface area contributed by atoms with Gasteiger partial charge in [-0.1, -0.05) is 0 Å². The zero-order valence-electron chi connectivity index (χ0n) is 7.22. The molecule has 0 bridgehead atoms. The van der Waals surface area contributed by atoms with Gasteiger partial charge in [-0.15, -0.1) is 0 Å². The van der Waals surface area contributed by atoms with Crippen LogP contribution in [0.15, 0.2) is 0 Å². The van der Waals surface area contributed by atoms with Gasteiger partial charge in [-0.2, -0.15) is 0 Å². The van der Waals surface area contributed by atoms with Crippen LogP contribution in [0.1, 0.15) is 0 Å². The van der Waals surface area contributed by atoms with E-state index < -0.39 is 16.6 Å². The molecule has 0 aromatic heterocycles. The molecule has 7 nitrogen and oxygen atoms in total. The molecule has 0 fully saturated rings. The fourth-order valence-corrected chi connectivity index (χ4v) is 0. The SMILES string of the molecule is O=C([O-])O.O=S(=O)([O-])O.[Cl-].[K+].[Na+].[Na+]. The molecular formula is CH2ClKNa2O7S. The molecule has 0 saturated heterocycles. The van der Waals surface area contributed by atoms with Crippen LogP contribution < -0.4 is 128 Å². The third-order valence-corrected chi connectivity index (χ3v) is 0. The molecule has 0 aromatic rings. The smallest absolute Gasteiger partial charge is 1.00 e. The molecule has 0 aliphatic rings. The van der Waals surface area contributed by atoms with E-state index in [1.54, 1.807) is 0 Å². The van der Waals surface area contributed by atoms with Crippen LogP contribution in [0.5, 0.6) is 0 Å². The molecule has 0 aliphatic heterocycles. The van der Waals surface area contributed by atoms with Gasteiger partial charge in [0.25, 0.3) is 0 Å². The normalized spacial score (nSPS) is 6.31. The monoisotopic (exact) mass is 278 g/mol. The molecule has 2 N–H and O–H groups in total. The Kier molecular flexibility index (Phi) is 56.7. The van der Waals surface area contributed by atoms with Gasteiger partial charge >= 0.3 is 110 Å². The number of carboxylic acid groups (broad SMARTS) is 2. The molecule has 0 spiro atoms. The molecular weight excluding hydrogens is 277 g/mol. The number of hydrogen-bond acceptors (Lipinski definition) is 5. The third kappa shape index (κ3) is 274. The van der Waals surface area contributed by atoms with E-state index in [4.69, 9.17) is 32.5 Å². The summed E-state index contributed by atoms with van der Waals surface area (Å²) in [5.41, 5.74) is 0. The summed E-state index contributed by atoms with van der Waals surface area (Å²) in [6, 6.07) is 0. The van der Waals surface area contributed by atoms with Gasteiger partial charge in [0.2, 0.25) is 16.6 Å². The van der Waals surface area contributed by atoms with Gasteiger partial charge in [-0.3, -0.25) is 4.55 Å². The summed E-state index contributed by atoms with van der Waals surface area (Å²) >= 11 is 0. The maximum Gasteiger partial charge on any atom is 1.00 e. The standard InChI is InChI=1S/CH2O3.ClH.K.2Na.H2O4S/c2-1(3)4;;;;;1-5(2,3)4/h(H2,2,3,4);1H;;;;(H2,1,2,3,4)/q;;3*+1;/p-3. The van der Waals surface area contributed by atoms with Crippen LogP contribution in [0.3, 0.4) is 0 Å². The van der Waals surface area contributed by atoms with Gasteiger partial charge in [0.1, 0.15) is 0 Å². The van der Waals surface area contributed by atoms with E-state index in [0.717, 1.165) is 0 Å². The summed E-state index contributed by atoms with van der Waals surface area (Å²) in [6.07, 6.45) is -2.08. The van der Waals surface area contributed by atoms with E-state index >= 15 is 0 Å². The Bertz CT molecular complexity index is 169. The van der Waals surface area contributed by atoms with Crippen LogP contribution in [0, 0.1) is 0 Å². The van der Waals surface area contributed by atoms with Crippen LogP contribution in [0.4, 0.5) is 4.79 Å². The van der Waals surface area contributed by atoms with E-state index in [2.05, 4.69) is 0 Å². The van der Waals surface area contributed by atoms with Crippen molar-refractivity contribution < 1.29 is 155 Å². The first-order valence-corrected chi connectivity index (χ1v) is 2.68. The maximum absolute atomic E-state index is 8.63. The van der Waals surface area contributed by atoms with Crippen molar-refractivity contribution >= 4 is 16.6 Å². The first kappa shape index (κ1) is 36.0. The van der Waals surface area contributed by atoms with Gasteiger partial charge < -0.3 is 32.0 Å². The van der Waals surface area contributed by atoms with E-state index in [1.165, 1.54) is 0 Å². The number of hydrogen-bond donors (Lipinski definition) is 2. The maximum atomic E-state index is 8.63. The van der Waals surface area contributed by atoms with Crippen molar-refractivity contribution in [2.75, 3.05) is 0 Å². The predicted molar refractivity (Wildman–Crippen MR) is 20.4 cm³/mol. The number of halogens is 1. The quantitative estimate of drug-likeness (QED) is 0.255. The Balaban J connectivity index is -0.0000000146. The minimum atomic E-state index is -4.92. The summed E-state index contributed by atoms with van der Waals surface area (Å²) in [6.45, 7) is 0. The molecule has 0 rings (SSSR count). The largest absolute Gasteiger partial charge is 1.00 e. The number of rotatable bonds is 0. The Morgan fingerprint density at radius 3 is 1.23 bits per heavy atom. The molecule has 0 saturated carbocycles. The van der Waals surface area contributed by atoms with E-state index in [1.807, 2.05) is 0 Å². The molecule has 0 amide bonds. The molecule has 0 aliphatic carbocycles. The first-order valence-electron chi connectivity index (χ1n) is 1.31. The second kappa shape index (κ2) is 20.5. The van der Waals surface area contributed by atoms with Crippen molar-refractivity contribution in [1.82, 2.24) is 0 Å². The van der Waals surface area contributed by atoms with E-state index in [9.17, 15) is 0 Å². The summed E-state index contributed by atoms with van der Waals surface area (Å²) in [5.74, 6) is 0. The first-order chi connectivity index (χ1) is 3.73. The molecule has 0 aromatic carbocycles. The zero-order chi connectivity index (χ0) is 8.08. The van der Waals surface area contributed by atoms with Gasteiger partial charge in [-0.25, -0.2) is 8.42 Å². The van der Waals surface area contributed by atoms with E-state index in [-0.39, 0.29) is 123 Å². The molecule has 0 atom stereocenters. The predicted octanol–water partition coefficient (Wildman–Crippen LogP) is -14.1. The summed E-state index contributed by atoms with van der Waals surface area (Å²) in [4.78, 5) is 8.44. The average Bonchev–Trinajstić information content (AvgIpc) is 1.19. The third-order valence-electron chi connectivity index (χ3n) is 0. The Hall–Kier alpha value is 3.07. The Labute approximate surface area is 168 Å². The van der Waals surface area contributed by atoms with Crippen molar-refractivity contribution in [3.63, 3.8) is 0 Å². The second-order valence-electron chi connectivity index (χ2n) is 0.694. The second-order valence-corrected chi connectivity index (χ2v) is 1.55. The summed E-state index contributed by atoms with van der Waals surface area (Å²) in [7, 11) is -4.92. The van der Waals surface area contributed by atoms with Gasteiger partial charge in [-0.05, 0) is 0 Å².